The van der Waals surface area contributed by atoms with Crippen molar-refractivity contribution in [2.75, 3.05) is 0 Å². The molecule has 0 radical (unpaired) electrons. The van der Waals surface area contributed by atoms with E-state index in [1.807, 2.05) is 32.0 Å². The zero-order valence-electron chi connectivity index (χ0n) is 11.9. The van der Waals surface area contributed by atoms with Gasteiger partial charge in [-0.2, -0.15) is 0 Å². The molecule has 2 heterocycles. The molecular weight excluding hydrogens is 268 g/mol. The third-order valence-corrected chi connectivity index (χ3v) is 3.34. The first-order valence-electron chi connectivity index (χ1n) is 6.72. The maximum absolute atomic E-state index is 11.7. The molecule has 2 aromatic heterocycles. The molecule has 0 aliphatic rings. The molecular formula is C15H16N4O2. The molecule has 3 aromatic rings. The van der Waals surface area contributed by atoms with Crippen LogP contribution in [0.5, 0.6) is 0 Å². The van der Waals surface area contributed by atoms with E-state index < -0.39 is 0 Å². The Morgan fingerprint density at radius 3 is 2.90 bits per heavy atom. The van der Waals surface area contributed by atoms with Crippen LogP contribution in [0.3, 0.4) is 0 Å². The summed E-state index contributed by atoms with van der Waals surface area (Å²) >= 11 is 0. The summed E-state index contributed by atoms with van der Waals surface area (Å²) in [6, 6.07) is 7.12. The number of hydrogen-bond donors (Lipinski definition) is 1. The molecule has 1 unspecified atom stereocenters. The highest BCUT2D eigenvalue weighted by atomic mass is 16.4. The Morgan fingerprint density at radius 1 is 1.38 bits per heavy atom. The minimum absolute atomic E-state index is 0.168. The van der Waals surface area contributed by atoms with Gasteiger partial charge in [0.15, 0.2) is 0 Å². The van der Waals surface area contributed by atoms with E-state index in [1.54, 1.807) is 10.9 Å². The van der Waals surface area contributed by atoms with Gasteiger partial charge in [0.25, 0.3) is 0 Å². The van der Waals surface area contributed by atoms with Crippen LogP contribution in [0.4, 0.5) is 0 Å². The van der Waals surface area contributed by atoms with Crippen LogP contribution < -0.4 is 11.4 Å². The fourth-order valence-electron chi connectivity index (χ4n) is 2.24. The second kappa shape index (κ2) is 5.14. The highest BCUT2D eigenvalue weighted by molar-refractivity contribution is 5.80. The maximum atomic E-state index is 11.7. The lowest BCUT2D eigenvalue weighted by Crippen LogP contribution is -2.07. The average Bonchev–Trinajstić information content (AvgIpc) is 2.86. The highest BCUT2D eigenvalue weighted by Crippen LogP contribution is 2.19. The number of aryl methyl sites for hydroxylation is 1. The lowest BCUT2D eigenvalue weighted by Gasteiger charge is -2.05. The lowest BCUT2D eigenvalue weighted by atomic mass is 10.1. The monoisotopic (exact) mass is 284 g/mol. The van der Waals surface area contributed by atoms with E-state index in [9.17, 15) is 4.79 Å². The van der Waals surface area contributed by atoms with Gasteiger partial charge in [-0.15, -0.1) is 5.10 Å². The maximum Gasteiger partial charge on any atom is 0.336 e. The second-order valence-corrected chi connectivity index (χ2v) is 5.22. The molecule has 1 atom stereocenters. The van der Waals surface area contributed by atoms with Crippen molar-refractivity contribution in [1.82, 2.24) is 15.0 Å². The fourth-order valence-corrected chi connectivity index (χ4v) is 2.24. The third-order valence-electron chi connectivity index (χ3n) is 3.34. The summed E-state index contributed by atoms with van der Waals surface area (Å²) in [6.45, 7) is 4.26. The number of rotatable bonds is 3. The van der Waals surface area contributed by atoms with Crippen LogP contribution in [0, 0.1) is 6.92 Å². The Bertz CT molecular complexity index is 848. The molecule has 21 heavy (non-hydrogen) atoms. The molecule has 0 spiro atoms. The van der Waals surface area contributed by atoms with E-state index in [4.69, 9.17) is 10.2 Å². The van der Waals surface area contributed by atoms with Crippen LogP contribution in [-0.4, -0.2) is 15.0 Å². The van der Waals surface area contributed by atoms with Crippen LogP contribution >= 0.6 is 0 Å². The number of hydrogen-bond acceptors (Lipinski definition) is 5. The summed E-state index contributed by atoms with van der Waals surface area (Å²) in [5, 5.41) is 8.96. The van der Waals surface area contributed by atoms with Crippen LogP contribution in [0.2, 0.25) is 0 Å². The molecule has 0 fully saturated rings. The Kier molecular flexibility index (Phi) is 3.31. The second-order valence-electron chi connectivity index (χ2n) is 5.22. The molecule has 0 aliphatic carbocycles. The molecule has 3 rings (SSSR count). The number of benzene rings is 1. The first-order valence-corrected chi connectivity index (χ1v) is 6.72. The zero-order chi connectivity index (χ0) is 15.0. The van der Waals surface area contributed by atoms with Crippen LogP contribution in [0.15, 0.2) is 39.7 Å². The van der Waals surface area contributed by atoms with E-state index in [0.717, 1.165) is 22.2 Å². The van der Waals surface area contributed by atoms with E-state index in [0.29, 0.717) is 12.1 Å². The summed E-state index contributed by atoms with van der Waals surface area (Å²) in [5.74, 6) is 0. The predicted octanol–water partition coefficient (Wildman–Crippen LogP) is 1.76. The van der Waals surface area contributed by atoms with Crippen molar-refractivity contribution in [3.8, 4) is 0 Å². The van der Waals surface area contributed by atoms with Crippen molar-refractivity contribution >= 4 is 11.0 Å². The molecule has 0 amide bonds. The summed E-state index contributed by atoms with van der Waals surface area (Å²) in [6.07, 6.45) is 1.79. The normalized spacial score (nSPS) is 12.7. The smallest absolute Gasteiger partial charge is 0.336 e. The lowest BCUT2D eigenvalue weighted by molar-refractivity contribution is 0.555. The van der Waals surface area contributed by atoms with Gasteiger partial charge in [-0.3, -0.25) is 0 Å². The van der Waals surface area contributed by atoms with E-state index in [2.05, 4.69) is 10.3 Å². The molecule has 0 bridgehead atoms. The third kappa shape index (κ3) is 2.71. The Labute approximate surface area is 121 Å². The Morgan fingerprint density at radius 2 is 2.19 bits per heavy atom. The molecule has 6 heteroatoms. The standard InChI is InChI=1S/C15H16N4O2/c1-9-3-4-12-11(6-15(20)21-14(12)5-9)7-19-8-13(10(2)16)17-18-19/h3-6,8,10H,7,16H2,1-2H3. The Balaban J connectivity index is 2.05. The van der Waals surface area contributed by atoms with Crippen LogP contribution in [0.25, 0.3) is 11.0 Å². The predicted molar refractivity (Wildman–Crippen MR) is 78.9 cm³/mol. The van der Waals surface area contributed by atoms with Gasteiger partial charge >= 0.3 is 5.63 Å². The van der Waals surface area contributed by atoms with Gasteiger partial charge < -0.3 is 10.2 Å². The van der Waals surface area contributed by atoms with Gasteiger partial charge in [0.2, 0.25) is 0 Å². The van der Waals surface area contributed by atoms with Crippen molar-refractivity contribution < 1.29 is 4.42 Å². The van der Waals surface area contributed by atoms with E-state index >= 15 is 0 Å². The molecule has 0 aliphatic heterocycles. The van der Waals surface area contributed by atoms with Gasteiger partial charge in [0, 0.05) is 17.5 Å². The van der Waals surface area contributed by atoms with E-state index in [1.165, 1.54) is 6.07 Å². The van der Waals surface area contributed by atoms with Crippen molar-refractivity contribution in [1.29, 1.82) is 0 Å². The van der Waals surface area contributed by atoms with Crippen molar-refractivity contribution in [3.63, 3.8) is 0 Å². The topological polar surface area (TPSA) is 86.9 Å². The quantitative estimate of drug-likeness (QED) is 0.740. The largest absolute Gasteiger partial charge is 0.423 e. The number of fused-ring (bicyclic) bond motifs is 1. The molecule has 108 valence electrons. The number of aromatic nitrogens is 3. The first-order chi connectivity index (χ1) is 10.0. The minimum atomic E-state index is -0.365. The molecule has 0 saturated heterocycles. The summed E-state index contributed by atoms with van der Waals surface area (Å²) < 4.78 is 6.92. The number of nitrogens with two attached hydrogens (primary N) is 1. The zero-order valence-corrected chi connectivity index (χ0v) is 11.9. The van der Waals surface area contributed by atoms with E-state index in [-0.39, 0.29) is 11.7 Å². The van der Waals surface area contributed by atoms with Gasteiger partial charge in [0.05, 0.1) is 18.4 Å². The van der Waals surface area contributed by atoms with Crippen molar-refractivity contribution in [3.05, 3.63) is 57.7 Å². The number of nitrogens with zero attached hydrogens (tertiary/aromatic N) is 3. The highest BCUT2D eigenvalue weighted by Gasteiger charge is 2.09. The van der Waals surface area contributed by atoms with Crippen molar-refractivity contribution in [2.24, 2.45) is 5.73 Å². The molecule has 2 N–H and O–H groups in total. The van der Waals surface area contributed by atoms with Gasteiger partial charge in [0.1, 0.15) is 5.58 Å². The Hall–Kier alpha value is -2.47. The minimum Gasteiger partial charge on any atom is -0.423 e. The summed E-state index contributed by atoms with van der Waals surface area (Å²) in [5.41, 5.74) is 8.61. The average molecular weight is 284 g/mol. The van der Waals surface area contributed by atoms with Gasteiger partial charge in [-0.1, -0.05) is 17.3 Å². The molecule has 0 saturated carbocycles. The van der Waals surface area contributed by atoms with Crippen LogP contribution in [-0.2, 0) is 6.54 Å². The first kappa shape index (κ1) is 13.5. The van der Waals surface area contributed by atoms with Crippen LogP contribution in [0.1, 0.15) is 29.8 Å². The molecule has 1 aromatic carbocycles. The SMILES string of the molecule is Cc1ccc2c(Cn3cc(C(C)N)nn3)cc(=O)oc2c1. The van der Waals surface area contributed by atoms with Gasteiger partial charge in [-0.25, -0.2) is 9.48 Å². The van der Waals surface area contributed by atoms with Gasteiger partial charge in [-0.05, 0) is 31.0 Å². The summed E-state index contributed by atoms with van der Waals surface area (Å²) in [7, 11) is 0. The van der Waals surface area contributed by atoms with Crippen molar-refractivity contribution in [2.45, 2.75) is 26.4 Å². The molecule has 6 nitrogen and oxygen atoms in total. The fraction of sp³-hybridized carbons (Fsp3) is 0.267. The summed E-state index contributed by atoms with van der Waals surface area (Å²) in [4.78, 5) is 11.7.